The standard InChI is InChI=1S/C13H20N4O/c18-13(15-6-9-3-1-2-4-9)11-5-10-12(7-14-11)17-8-16-10/h8-9,11,14H,1-7H2,(H,15,18)(H,16,17). The van der Waals surface area contributed by atoms with Crippen molar-refractivity contribution in [1.82, 2.24) is 20.6 Å². The average Bonchev–Trinajstić information content (AvgIpc) is 3.05. The van der Waals surface area contributed by atoms with Crippen LogP contribution >= 0.6 is 0 Å². The van der Waals surface area contributed by atoms with Crippen molar-refractivity contribution in [3.63, 3.8) is 0 Å². The van der Waals surface area contributed by atoms with Crippen LogP contribution in [0.2, 0.25) is 0 Å². The number of rotatable bonds is 3. The molecule has 1 atom stereocenters. The second-order valence-electron chi connectivity index (χ2n) is 5.36. The SMILES string of the molecule is O=C(NCC1CCCC1)C1Cc2nc[nH]c2CN1. The summed E-state index contributed by atoms with van der Waals surface area (Å²) in [6, 6.07) is -0.123. The fourth-order valence-corrected chi connectivity index (χ4v) is 2.94. The number of fused-ring (bicyclic) bond motifs is 1. The topological polar surface area (TPSA) is 69.8 Å². The zero-order valence-electron chi connectivity index (χ0n) is 10.5. The van der Waals surface area contributed by atoms with Crippen molar-refractivity contribution in [2.24, 2.45) is 5.92 Å². The fourth-order valence-electron chi connectivity index (χ4n) is 2.94. The van der Waals surface area contributed by atoms with Crippen LogP contribution in [0.3, 0.4) is 0 Å². The normalized spacial score (nSPS) is 23.9. The average molecular weight is 248 g/mol. The van der Waals surface area contributed by atoms with Crippen molar-refractivity contribution < 1.29 is 4.79 Å². The highest BCUT2D eigenvalue weighted by Crippen LogP contribution is 2.23. The number of aromatic nitrogens is 2. The molecule has 0 aromatic carbocycles. The predicted octanol–water partition coefficient (Wildman–Crippen LogP) is 0.730. The van der Waals surface area contributed by atoms with Crippen LogP contribution in [-0.2, 0) is 17.8 Å². The number of nitrogens with one attached hydrogen (secondary N) is 3. The first kappa shape index (κ1) is 11.7. The number of hydrogen-bond donors (Lipinski definition) is 3. The van der Waals surface area contributed by atoms with Crippen molar-refractivity contribution in [3.8, 4) is 0 Å². The van der Waals surface area contributed by atoms with E-state index in [4.69, 9.17) is 0 Å². The number of carbonyl (C=O) groups is 1. The molecule has 5 nitrogen and oxygen atoms in total. The molecule has 3 rings (SSSR count). The van der Waals surface area contributed by atoms with Crippen LogP contribution in [0.1, 0.15) is 37.1 Å². The molecule has 2 heterocycles. The van der Waals surface area contributed by atoms with Crippen molar-refractivity contribution in [2.45, 2.75) is 44.7 Å². The molecule has 5 heteroatoms. The van der Waals surface area contributed by atoms with E-state index in [2.05, 4.69) is 20.6 Å². The van der Waals surface area contributed by atoms with Gasteiger partial charge in [-0.1, -0.05) is 12.8 Å². The summed E-state index contributed by atoms with van der Waals surface area (Å²) in [7, 11) is 0. The van der Waals surface area contributed by atoms with Crippen molar-refractivity contribution in [2.75, 3.05) is 6.54 Å². The highest BCUT2D eigenvalue weighted by Gasteiger charge is 2.26. The summed E-state index contributed by atoms with van der Waals surface area (Å²) in [5.41, 5.74) is 2.13. The Morgan fingerprint density at radius 1 is 1.44 bits per heavy atom. The van der Waals surface area contributed by atoms with Gasteiger partial charge in [-0.05, 0) is 18.8 Å². The maximum Gasteiger partial charge on any atom is 0.237 e. The van der Waals surface area contributed by atoms with Crippen LogP contribution in [0.25, 0.3) is 0 Å². The highest BCUT2D eigenvalue weighted by atomic mass is 16.2. The van der Waals surface area contributed by atoms with Crippen molar-refractivity contribution in [3.05, 3.63) is 17.7 Å². The fraction of sp³-hybridized carbons (Fsp3) is 0.692. The number of imidazole rings is 1. The van der Waals surface area contributed by atoms with Crippen LogP contribution in [0, 0.1) is 5.92 Å². The second-order valence-corrected chi connectivity index (χ2v) is 5.36. The maximum absolute atomic E-state index is 12.1. The van der Waals surface area contributed by atoms with Gasteiger partial charge in [-0.2, -0.15) is 0 Å². The minimum Gasteiger partial charge on any atom is -0.354 e. The molecule has 0 spiro atoms. The van der Waals surface area contributed by atoms with Crippen molar-refractivity contribution >= 4 is 5.91 Å². The van der Waals surface area contributed by atoms with Gasteiger partial charge in [0.05, 0.1) is 23.8 Å². The Bertz CT molecular complexity index is 422. The lowest BCUT2D eigenvalue weighted by molar-refractivity contribution is -0.123. The molecule has 98 valence electrons. The number of hydrogen-bond acceptors (Lipinski definition) is 3. The lowest BCUT2D eigenvalue weighted by atomic mass is 10.0. The van der Waals surface area contributed by atoms with Crippen LogP contribution in [-0.4, -0.2) is 28.5 Å². The molecule has 18 heavy (non-hydrogen) atoms. The highest BCUT2D eigenvalue weighted by molar-refractivity contribution is 5.82. The second kappa shape index (κ2) is 5.10. The molecule has 3 N–H and O–H groups in total. The van der Waals surface area contributed by atoms with Gasteiger partial charge in [-0.15, -0.1) is 0 Å². The van der Waals surface area contributed by atoms with E-state index < -0.39 is 0 Å². The number of nitrogens with zero attached hydrogens (tertiary/aromatic N) is 1. The molecule has 2 aliphatic rings. The Kier molecular flexibility index (Phi) is 3.32. The summed E-state index contributed by atoms with van der Waals surface area (Å²) in [5, 5.41) is 6.33. The minimum absolute atomic E-state index is 0.121. The van der Waals surface area contributed by atoms with Gasteiger partial charge < -0.3 is 10.3 Å². The summed E-state index contributed by atoms with van der Waals surface area (Å²) in [6.07, 6.45) is 7.56. The lowest BCUT2D eigenvalue weighted by Crippen LogP contribution is -2.48. The molecular formula is C13H20N4O. The number of aromatic amines is 1. The van der Waals surface area contributed by atoms with Crippen LogP contribution < -0.4 is 10.6 Å². The molecule has 1 aromatic rings. The van der Waals surface area contributed by atoms with Gasteiger partial charge in [0.1, 0.15) is 0 Å². The molecule has 1 aliphatic heterocycles. The van der Waals surface area contributed by atoms with Gasteiger partial charge in [-0.3, -0.25) is 10.1 Å². The van der Waals surface area contributed by atoms with E-state index in [1.807, 2.05) is 0 Å². The Labute approximate surface area is 107 Å². The zero-order valence-corrected chi connectivity index (χ0v) is 10.5. The maximum atomic E-state index is 12.1. The molecule has 1 amide bonds. The largest absolute Gasteiger partial charge is 0.354 e. The molecule has 1 aliphatic carbocycles. The van der Waals surface area contributed by atoms with Gasteiger partial charge in [0.2, 0.25) is 5.91 Å². The molecule has 1 unspecified atom stereocenters. The first-order chi connectivity index (χ1) is 8.83. The third-order valence-electron chi connectivity index (χ3n) is 4.09. The Balaban J connectivity index is 1.51. The Hall–Kier alpha value is -1.36. The minimum atomic E-state index is -0.123. The third kappa shape index (κ3) is 2.41. The summed E-state index contributed by atoms with van der Waals surface area (Å²) in [6.45, 7) is 1.54. The third-order valence-corrected chi connectivity index (χ3v) is 4.09. The Morgan fingerprint density at radius 2 is 2.28 bits per heavy atom. The molecule has 0 radical (unpaired) electrons. The van der Waals surface area contributed by atoms with E-state index in [-0.39, 0.29) is 11.9 Å². The van der Waals surface area contributed by atoms with Gasteiger partial charge in [-0.25, -0.2) is 4.98 Å². The molecule has 0 bridgehead atoms. The Morgan fingerprint density at radius 3 is 3.11 bits per heavy atom. The summed E-state index contributed by atoms with van der Waals surface area (Å²) < 4.78 is 0. The molecular weight excluding hydrogens is 228 g/mol. The number of H-pyrrole nitrogens is 1. The van der Waals surface area contributed by atoms with Crippen LogP contribution in [0.4, 0.5) is 0 Å². The number of carbonyl (C=O) groups excluding carboxylic acids is 1. The molecule has 1 saturated carbocycles. The summed E-state index contributed by atoms with van der Waals surface area (Å²) >= 11 is 0. The van der Waals surface area contributed by atoms with E-state index in [1.54, 1.807) is 6.33 Å². The summed E-state index contributed by atoms with van der Waals surface area (Å²) in [4.78, 5) is 19.4. The van der Waals surface area contributed by atoms with E-state index in [0.29, 0.717) is 18.9 Å². The van der Waals surface area contributed by atoms with Crippen LogP contribution in [0.5, 0.6) is 0 Å². The van der Waals surface area contributed by atoms with Gasteiger partial charge in [0, 0.05) is 19.5 Å². The lowest BCUT2D eigenvalue weighted by Gasteiger charge is -2.23. The smallest absolute Gasteiger partial charge is 0.237 e. The van der Waals surface area contributed by atoms with E-state index in [1.165, 1.54) is 25.7 Å². The van der Waals surface area contributed by atoms with E-state index in [9.17, 15) is 4.79 Å². The first-order valence-corrected chi connectivity index (χ1v) is 6.85. The first-order valence-electron chi connectivity index (χ1n) is 6.85. The predicted molar refractivity (Wildman–Crippen MR) is 67.9 cm³/mol. The van der Waals surface area contributed by atoms with Gasteiger partial charge in [0.25, 0.3) is 0 Å². The molecule has 1 fully saturated rings. The molecule has 0 saturated heterocycles. The summed E-state index contributed by atoms with van der Waals surface area (Å²) in [5.74, 6) is 0.814. The number of amides is 1. The van der Waals surface area contributed by atoms with E-state index >= 15 is 0 Å². The van der Waals surface area contributed by atoms with E-state index in [0.717, 1.165) is 17.9 Å². The van der Waals surface area contributed by atoms with Crippen molar-refractivity contribution in [1.29, 1.82) is 0 Å². The van der Waals surface area contributed by atoms with Gasteiger partial charge in [0.15, 0.2) is 0 Å². The zero-order chi connectivity index (χ0) is 12.4. The van der Waals surface area contributed by atoms with Crippen LogP contribution in [0.15, 0.2) is 6.33 Å². The van der Waals surface area contributed by atoms with Gasteiger partial charge >= 0.3 is 0 Å². The molecule has 1 aromatic heterocycles. The monoisotopic (exact) mass is 248 g/mol. The quantitative estimate of drug-likeness (QED) is 0.738.